The smallest absolute Gasteiger partial charge is 0.254 e. The second-order valence-corrected chi connectivity index (χ2v) is 9.44. The van der Waals surface area contributed by atoms with Crippen molar-refractivity contribution in [3.8, 4) is 0 Å². The molecule has 32 heavy (non-hydrogen) atoms. The number of carbonyl (C=O) groups excluding carboxylic acids is 2. The fourth-order valence-corrected chi connectivity index (χ4v) is 3.52. The molecular weight excluding hydrogens is 402 g/mol. The van der Waals surface area contributed by atoms with Gasteiger partial charge in [-0.2, -0.15) is 0 Å². The van der Waals surface area contributed by atoms with Gasteiger partial charge in [-0.05, 0) is 48.6 Å². The van der Waals surface area contributed by atoms with Gasteiger partial charge in [-0.1, -0.05) is 39.8 Å². The molecule has 0 fully saturated rings. The van der Waals surface area contributed by atoms with Crippen LogP contribution in [-0.2, 0) is 28.5 Å². The molecule has 1 atom stereocenters. The summed E-state index contributed by atoms with van der Waals surface area (Å²) in [4.78, 5) is 30.1. The van der Waals surface area contributed by atoms with Crippen LogP contribution in [0.5, 0.6) is 0 Å². The maximum Gasteiger partial charge on any atom is 0.254 e. The van der Waals surface area contributed by atoms with Crippen LogP contribution in [0.4, 0.5) is 0 Å². The minimum absolute atomic E-state index is 0.0206. The average Bonchev–Trinajstić information content (AvgIpc) is 3.17. The van der Waals surface area contributed by atoms with Gasteiger partial charge < -0.3 is 19.1 Å². The van der Waals surface area contributed by atoms with Gasteiger partial charge in [-0.3, -0.25) is 9.59 Å². The molecule has 6 nitrogen and oxygen atoms in total. The van der Waals surface area contributed by atoms with Crippen LogP contribution in [0.3, 0.4) is 0 Å². The number of aromatic nitrogens is 1. The minimum atomic E-state index is -0.112. The Morgan fingerprint density at radius 3 is 2.28 bits per heavy atom. The van der Waals surface area contributed by atoms with Crippen molar-refractivity contribution >= 4 is 11.8 Å². The molecule has 2 amide bonds. The van der Waals surface area contributed by atoms with Crippen LogP contribution >= 0.6 is 0 Å². The van der Waals surface area contributed by atoms with Crippen LogP contribution < -0.4 is 0 Å². The summed E-state index contributed by atoms with van der Waals surface area (Å²) in [5, 5.41) is 0. The third-order valence-corrected chi connectivity index (χ3v) is 6.01. The van der Waals surface area contributed by atoms with E-state index in [-0.39, 0.29) is 29.8 Å². The molecular formula is C26H39N3O3. The molecule has 0 saturated carbocycles. The Morgan fingerprint density at radius 1 is 1.12 bits per heavy atom. The predicted molar refractivity (Wildman–Crippen MR) is 129 cm³/mol. The predicted octanol–water partition coefficient (Wildman–Crippen LogP) is 4.24. The fourth-order valence-electron chi connectivity index (χ4n) is 3.52. The second kappa shape index (κ2) is 11.3. The maximum absolute atomic E-state index is 13.4. The number of benzene rings is 1. The first-order chi connectivity index (χ1) is 15.1. The van der Waals surface area contributed by atoms with E-state index in [2.05, 4.69) is 20.8 Å². The standard InChI is InChI=1S/C26H39N3O3/c1-8-20(2)29(25(31)21-11-13-22(14-12-21)26(3,4)5)19-24(30)28(16-17-32-7)18-23-10-9-15-27(23)6/h9-15,20H,8,16-19H2,1-7H3. The molecule has 0 aliphatic heterocycles. The number of methoxy groups -OCH3 is 1. The summed E-state index contributed by atoms with van der Waals surface area (Å²) in [5.41, 5.74) is 2.84. The number of rotatable bonds is 10. The Labute approximate surface area is 193 Å². The highest BCUT2D eigenvalue weighted by atomic mass is 16.5. The van der Waals surface area contributed by atoms with E-state index in [4.69, 9.17) is 4.74 Å². The number of aryl methyl sites for hydroxylation is 1. The number of ether oxygens (including phenoxy) is 1. The summed E-state index contributed by atoms with van der Waals surface area (Å²) in [6.07, 6.45) is 2.74. The van der Waals surface area contributed by atoms with E-state index < -0.39 is 0 Å². The van der Waals surface area contributed by atoms with Gasteiger partial charge >= 0.3 is 0 Å². The molecule has 1 unspecified atom stereocenters. The molecule has 0 aliphatic carbocycles. The van der Waals surface area contributed by atoms with E-state index in [0.29, 0.717) is 25.3 Å². The monoisotopic (exact) mass is 441 g/mol. The van der Waals surface area contributed by atoms with Crippen LogP contribution in [0.15, 0.2) is 42.6 Å². The number of nitrogens with zero attached hydrogens (tertiary/aromatic N) is 3. The lowest BCUT2D eigenvalue weighted by Gasteiger charge is -2.31. The summed E-state index contributed by atoms with van der Waals surface area (Å²) >= 11 is 0. The second-order valence-electron chi connectivity index (χ2n) is 9.44. The van der Waals surface area contributed by atoms with Crippen LogP contribution in [0.2, 0.25) is 0 Å². The third kappa shape index (κ3) is 6.70. The third-order valence-electron chi connectivity index (χ3n) is 6.01. The van der Waals surface area contributed by atoms with Crippen LogP contribution in [0.1, 0.15) is 62.7 Å². The van der Waals surface area contributed by atoms with Crippen molar-refractivity contribution < 1.29 is 14.3 Å². The van der Waals surface area contributed by atoms with E-state index in [1.165, 1.54) is 5.56 Å². The van der Waals surface area contributed by atoms with Crippen molar-refractivity contribution in [1.82, 2.24) is 14.4 Å². The highest BCUT2D eigenvalue weighted by Gasteiger charge is 2.26. The molecule has 1 aromatic carbocycles. The molecule has 1 aromatic heterocycles. The Balaban J connectivity index is 2.22. The van der Waals surface area contributed by atoms with Gasteiger partial charge in [0.25, 0.3) is 5.91 Å². The largest absolute Gasteiger partial charge is 0.383 e. The Kier molecular flexibility index (Phi) is 9.08. The van der Waals surface area contributed by atoms with Crippen LogP contribution in [-0.4, -0.2) is 59.0 Å². The van der Waals surface area contributed by atoms with Crippen LogP contribution in [0.25, 0.3) is 0 Å². The van der Waals surface area contributed by atoms with Crippen molar-refractivity contribution in [3.63, 3.8) is 0 Å². The van der Waals surface area contributed by atoms with Crippen molar-refractivity contribution in [2.24, 2.45) is 7.05 Å². The van der Waals surface area contributed by atoms with E-state index in [9.17, 15) is 9.59 Å². The van der Waals surface area contributed by atoms with Gasteiger partial charge in [0.1, 0.15) is 6.54 Å². The van der Waals surface area contributed by atoms with Crippen molar-refractivity contribution in [1.29, 1.82) is 0 Å². The van der Waals surface area contributed by atoms with E-state index in [1.54, 1.807) is 16.9 Å². The van der Waals surface area contributed by atoms with E-state index >= 15 is 0 Å². The van der Waals surface area contributed by atoms with Gasteiger partial charge in [0, 0.05) is 44.2 Å². The van der Waals surface area contributed by atoms with Gasteiger partial charge in [0.05, 0.1) is 13.2 Å². The molecule has 176 valence electrons. The summed E-state index contributed by atoms with van der Waals surface area (Å²) < 4.78 is 7.22. The Hall–Kier alpha value is -2.60. The zero-order valence-electron chi connectivity index (χ0n) is 20.7. The van der Waals surface area contributed by atoms with Crippen molar-refractivity contribution in [2.75, 3.05) is 26.8 Å². The van der Waals surface area contributed by atoms with Crippen molar-refractivity contribution in [3.05, 3.63) is 59.4 Å². The van der Waals surface area contributed by atoms with Gasteiger partial charge in [0.15, 0.2) is 0 Å². The highest BCUT2D eigenvalue weighted by Crippen LogP contribution is 2.23. The Bertz CT molecular complexity index is 880. The first kappa shape index (κ1) is 25.7. The first-order valence-corrected chi connectivity index (χ1v) is 11.4. The van der Waals surface area contributed by atoms with Crippen molar-refractivity contribution in [2.45, 2.75) is 59.0 Å². The molecule has 0 bridgehead atoms. The zero-order chi connectivity index (χ0) is 23.9. The lowest BCUT2D eigenvalue weighted by Crippen LogP contribution is -2.47. The fraction of sp³-hybridized carbons (Fsp3) is 0.538. The lowest BCUT2D eigenvalue weighted by atomic mass is 9.86. The zero-order valence-corrected chi connectivity index (χ0v) is 20.7. The normalized spacial score (nSPS) is 12.5. The molecule has 0 aliphatic rings. The van der Waals surface area contributed by atoms with Gasteiger partial charge in [-0.25, -0.2) is 0 Å². The minimum Gasteiger partial charge on any atom is -0.383 e. The molecule has 0 N–H and O–H groups in total. The number of hydrogen-bond donors (Lipinski definition) is 0. The van der Waals surface area contributed by atoms with E-state index in [1.807, 2.05) is 68.1 Å². The average molecular weight is 442 g/mol. The molecule has 2 rings (SSSR count). The number of carbonyl (C=O) groups is 2. The summed E-state index contributed by atoms with van der Waals surface area (Å²) in [6.45, 7) is 11.9. The summed E-state index contributed by atoms with van der Waals surface area (Å²) in [7, 11) is 3.59. The molecule has 2 aromatic rings. The molecule has 1 heterocycles. The maximum atomic E-state index is 13.4. The number of amides is 2. The molecule has 0 radical (unpaired) electrons. The quantitative estimate of drug-likeness (QED) is 0.554. The van der Waals surface area contributed by atoms with Crippen LogP contribution in [0, 0.1) is 0 Å². The Morgan fingerprint density at radius 2 is 1.78 bits per heavy atom. The first-order valence-electron chi connectivity index (χ1n) is 11.4. The van der Waals surface area contributed by atoms with E-state index in [0.717, 1.165) is 12.1 Å². The number of hydrogen-bond acceptors (Lipinski definition) is 3. The summed E-state index contributed by atoms with van der Waals surface area (Å²) in [5.74, 6) is -0.193. The summed E-state index contributed by atoms with van der Waals surface area (Å²) in [6, 6.07) is 11.7. The van der Waals surface area contributed by atoms with Gasteiger partial charge in [0.2, 0.25) is 5.91 Å². The molecule has 6 heteroatoms. The van der Waals surface area contributed by atoms with Gasteiger partial charge in [-0.15, -0.1) is 0 Å². The highest BCUT2D eigenvalue weighted by molar-refractivity contribution is 5.96. The topological polar surface area (TPSA) is 54.8 Å². The molecule has 0 spiro atoms. The lowest BCUT2D eigenvalue weighted by molar-refractivity contribution is -0.133. The SMILES string of the molecule is CCC(C)N(CC(=O)N(CCOC)Cc1cccn1C)C(=O)c1ccc(C(C)(C)C)cc1. The molecule has 0 saturated heterocycles.